The van der Waals surface area contributed by atoms with Crippen LogP contribution in [-0.2, 0) is 12.0 Å². The lowest BCUT2D eigenvalue weighted by Gasteiger charge is -2.22. The van der Waals surface area contributed by atoms with Crippen molar-refractivity contribution in [3.63, 3.8) is 0 Å². The maximum Gasteiger partial charge on any atom is 0.253 e. The van der Waals surface area contributed by atoms with Gasteiger partial charge in [-0.2, -0.15) is 0 Å². The lowest BCUT2D eigenvalue weighted by atomic mass is 9.94. The van der Waals surface area contributed by atoms with Crippen molar-refractivity contribution in [2.45, 2.75) is 45.6 Å². The van der Waals surface area contributed by atoms with Gasteiger partial charge >= 0.3 is 0 Å². The van der Waals surface area contributed by atoms with Gasteiger partial charge in [0.2, 0.25) is 11.8 Å². The van der Waals surface area contributed by atoms with Gasteiger partial charge in [0.15, 0.2) is 0 Å². The van der Waals surface area contributed by atoms with E-state index in [1.54, 1.807) is 23.1 Å². The minimum atomic E-state index is -0.915. The molecule has 2 heterocycles. The Balaban J connectivity index is 1.77. The number of furan rings is 1. The fourth-order valence-corrected chi connectivity index (χ4v) is 4.44. The molecule has 0 aliphatic heterocycles. The lowest BCUT2D eigenvalue weighted by molar-refractivity contribution is 0.0755. The maximum atomic E-state index is 13.5. The quantitative estimate of drug-likeness (QED) is 0.293. The van der Waals surface area contributed by atoms with Gasteiger partial charge in [-0.1, -0.05) is 44.2 Å². The number of rotatable bonds is 11. The van der Waals surface area contributed by atoms with Crippen molar-refractivity contribution >= 4 is 11.8 Å². The second kappa shape index (κ2) is 11.4. The van der Waals surface area contributed by atoms with Crippen molar-refractivity contribution in [3.8, 4) is 22.8 Å². The first kappa shape index (κ1) is 26.8. The molecular weight excluding hydrogens is 482 g/mol. The van der Waals surface area contributed by atoms with Gasteiger partial charge in [0.05, 0.1) is 17.4 Å². The molecule has 0 bridgehead atoms. The van der Waals surface area contributed by atoms with Gasteiger partial charge in [-0.15, -0.1) is 10.2 Å². The molecule has 2 amide bonds. The number of primary amides is 1. The van der Waals surface area contributed by atoms with Crippen LogP contribution in [0.5, 0.6) is 0 Å². The van der Waals surface area contributed by atoms with Crippen LogP contribution < -0.4 is 11.5 Å². The summed E-state index contributed by atoms with van der Waals surface area (Å²) < 4.78 is 11.7. The highest BCUT2D eigenvalue weighted by atomic mass is 16.4. The zero-order chi connectivity index (χ0) is 27.3. The Hall–Kier alpha value is -4.24. The zero-order valence-corrected chi connectivity index (χ0v) is 21.9. The molecule has 0 aliphatic rings. The van der Waals surface area contributed by atoms with E-state index >= 15 is 0 Å². The van der Waals surface area contributed by atoms with E-state index in [1.165, 1.54) is 12.3 Å². The van der Waals surface area contributed by atoms with E-state index in [2.05, 4.69) is 10.2 Å². The molecule has 0 saturated carbocycles. The number of carbonyl (C=O) groups is 2. The number of benzene rings is 2. The van der Waals surface area contributed by atoms with Crippen molar-refractivity contribution in [2.24, 2.45) is 11.5 Å². The SMILES string of the molecule is CCCN(CCC)C(=O)c1cc(-c2nnc([C@](C)(N)Cc3ccccc3)o2)cc(-c2occc2C(N)=O)c1. The Kier molecular flexibility index (Phi) is 8.07. The Morgan fingerprint density at radius 3 is 2.32 bits per heavy atom. The molecule has 1 atom stereocenters. The summed E-state index contributed by atoms with van der Waals surface area (Å²) >= 11 is 0. The summed E-state index contributed by atoms with van der Waals surface area (Å²) in [7, 11) is 0. The van der Waals surface area contributed by atoms with Gasteiger partial charge in [0.25, 0.3) is 11.8 Å². The first-order valence-corrected chi connectivity index (χ1v) is 12.7. The van der Waals surface area contributed by atoms with Gasteiger partial charge in [0.1, 0.15) is 5.76 Å². The highest BCUT2D eigenvalue weighted by Crippen LogP contribution is 2.32. The summed E-state index contributed by atoms with van der Waals surface area (Å²) in [4.78, 5) is 27.3. The standard InChI is InChI=1S/C29H33N5O4/c1-4-12-34(13-5-2)27(36)22-16-20(24-23(25(30)35)11-14-37-24)15-21(17-22)26-32-33-28(38-26)29(3,31)18-19-9-7-6-8-10-19/h6-11,14-17H,4-5,12-13,18,31H2,1-3H3,(H2,30,35)/t29-/m1/s1. The van der Waals surface area contributed by atoms with Gasteiger partial charge in [-0.3, -0.25) is 9.59 Å². The van der Waals surface area contributed by atoms with Crippen molar-refractivity contribution in [1.29, 1.82) is 0 Å². The monoisotopic (exact) mass is 515 g/mol. The molecule has 2 aromatic carbocycles. The molecule has 198 valence electrons. The number of aromatic nitrogens is 2. The Morgan fingerprint density at radius 1 is 0.974 bits per heavy atom. The molecule has 0 unspecified atom stereocenters. The number of nitrogens with zero attached hydrogens (tertiary/aromatic N) is 3. The highest BCUT2D eigenvalue weighted by molar-refractivity contribution is 6.00. The van der Waals surface area contributed by atoms with Crippen LogP contribution in [0.3, 0.4) is 0 Å². The van der Waals surface area contributed by atoms with Gasteiger partial charge in [0, 0.05) is 29.8 Å². The van der Waals surface area contributed by atoms with Crippen LogP contribution in [0.4, 0.5) is 0 Å². The molecule has 0 saturated heterocycles. The molecule has 4 N–H and O–H groups in total. The molecular formula is C29H33N5O4. The van der Waals surface area contributed by atoms with E-state index in [0.29, 0.717) is 36.2 Å². The zero-order valence-electron chi connectivity index (χ0n) is 21.9. The van der Waals surface area contributed by atoms with E-state index in [1.807, 2.05) is 51.1 Å². The smallest absolute Gasteiger partial charge is 0.253 e. The summed E-state index contributed by atoms with van der Waals surface area (Å²) in [5.74, 6) is -0.0465. The van der Waals surface area contributed by atoms with Crippen molar-refractivity contribution in [3.05, 3.63) is 83.4 Å². The third kappa shape index (κ3) is 5.84. The van der Waals surface area contributed by atoms with Crippen molar-refractivity contribution < 1.29 is 18.4 Å². The average Bonchev–Trinajstić information content (AvgIpc) is 3.59. The molecule has 0 fully saturated rings. The minimum Gasteiger partial charge on any atom is -0.464 e. The largest absolute Gasteiger partial charge is 0.464 e. The van der Waals surface area contributed by atoms with E-state index in [4.69, 9.17) is 20.3 Å². The summed E-state index contributed by atoms with van der Waals surface area (Å²) in [6.45, 7) is 7.13. The topological polar surface area (TPSA) is 141 Å². The third-order valence-corrected chi connectivity index (χ3v) is 6.22. The minimum absolute atomic E-state index is 0.142. The normalized spacial score (nSPS) is 12.7. The van der Waals surface area contributed by atoms with Crippen LogP contribution in [-0.4, -0.2) is 40.0 Å². The van der Waals surface area contributed by atoms with E-state index in [0.717, 1.165) is 18.4 Å². The molecule has 0 spiro atoms. The lowest BCUT2D eigenvalue weighted by Crippen LogP contribution is -2.35. The fraction of sp³-hybridized carbons (Fsp3) is 0.310. The predicted octanol–water partition coefficient (Wildman–Crippen LogP) is 4.77. The summed E-state index contributed by atoms with van der Waals surface area (Å²) in [5, 5.41) is 8.48. The highest BCUT2D eigenvalue weighted by Gasteiger charge is 2.29. The summed E-state index contributed by atoms with van der Waals surface area (Å²) in [6.07, 6.45) is 3.53. The van der Waals surface area contributed by atoms with Crippen LogP contribution in [0.2, 0.25) is 0 Å². The van der Waals surface area contributed by atoms with Crippen molar-refractivity contribution in [1.82, 2.24) is 15.1 Å². The molecule has 4 rings (SSSR count). The van der Waals surface area contributed by atoms with E-state index < -0.39 is 11.4 Å². The molecule has 9 nitrogen and oxygen atoms in total. The third-order valence-electron chi connectivity index (χ3n) is 6.22. The predicted molar refractivity (Wildman–Crippen MR) is 144 cm³/mol. The number of carbonyl (C=O) groups excluding carboxylic acids is 2. The molecule has 9 heteroatoms. The van der Waals surface area contributed by atoms with Crippen LogP contribution >= 0.6 is 0 Å². The summed E-state index contributed by atoms with van der Waals surface area (Å²) in [5.41, 5.74) is 13.9. The van der Waals surface area contributed by atoms with Crippen LogP contribution in [0.25, 0.3) is 22.8 Å². The number of nitrogens with two attached hydrogens (primary N) is 2. The maximum absolute atomic E-state index is 13.5. The second-order valence-corrected chi connectivity index (χ2v) is 9.61. The van der Waals surface area contributed by atoms with Crippen molar-refractivity contribution in [2.75, 3.05) is 13.1 Å². The number of hydrogen-bond donors (Lipinski definition) is 2. The van der Waals surface area contributed by atoms with Crippen LogP contribution in [0, 0.1) is 0 Å². The molecule has 38 heavy (non-hydrogen) atoms. The molecule has 0 radical (unpaired) electrons. The van der Waals surface area contributed by atoms with Gasteiger partial charge < -0.3 is 25.2 Å². The van der Waals surface area contributed by atoms with E-state index in [-0.39, 0.29) is 29.0 Å². The number of hydrogen-bond acceptors (Lipinski definition) is 7. The molecule has 2 aromatic heterocycles. The van der Waals surface area contributed by atoms with Crippen LogP contribution in [0.1, 0.15) is 65.8 Å². The summed E-state index contributed by atoms with van der Waals surface area (Å²) in [6, 6.07) is 16.4. The van der Waals surface area contributed by atoms with Crippen LogP contribution in [0.15, 0.2) is 69.7 Å². The van der Waals surface area contributed by atoms with Gasteiger partial charge in [-0.05, 0) is 56.0 Å². The Bertz CT molecular complexity index is 1400. The van der Waals surface area contributed by atoms with E-state index in [9.17, 15) is 9.59 Å². The molecule has 4 aromatic rings. The number of amides is 2. The van der Waals surface area contributed by atoms with Gasteiger partial charge in [-0.25, -0.2) is 0 Å². The fourth-order valence-electron chi connectivity index (χ4n) is 4.44. The molecule has 0 aliphatic carbocycles. The average molecular weight is 516 g/mol. The Labute approximate surface area is 221 Å². The first-order chi connectivity index (χ1) is 18.2. The Morgan fingerprint density at radius 2 is 1.66 bits per heavy atom. The second-order valence-electron chi connectivity index (χ2n) is 9.61. The first-order valence-electron chi connectivity index (χ1n) is 12.7.